The van der Waals surface area contributed by atoms with E-state index in [-0.39, 0.29) is 11.6 Å². The Morgan fingerprint density at radius 3 is 2.52 bits per heavy atom. The molecule has 130 valence electrons. The summed E-state index contributed by atoms with van der Waals surface area (Å²) in [6.07, 6.45) is 1.44. The summed E-state index contributed by atoms with van der Waals surface area (Å²) in [7, 11) is 0. The van der Waals surface area contributed by atoms with Crippen LogP contribution in [0.25, 0.3) is 0 Å². The number of amides is 1. The van der Waals surface area contributed by atoms with Crippen LogP contribution in [0.1, 0.15) is 72.5 Å². The summed E-state index contributed by atoms with van der Waals surface area (Å²) in [6, 6.07) is 0. The number of aromatic nitrogens is 3. The van der Waals surface area contributed by atoms with Crippen LogP contribution in [0, 0.1) is 0 Å². The number of hydrogen-bond acceptors (Lipinski definition) is 4. The van der Waals surface area contributed by atoms with Crippen molar-refractivity contribution in [3.63, 3.8) is 0 Å². The van der Waals surface area contributed by atoms with Gasteiger partial charge in [-0.1, -0.05) is 13.8 Å². The monoisotopic (exact) mass is 322 g/mol. The van der Waals surface area contributed by atoms with E-state index in [0.29, 0.717) is 25.4 Å². The Hall–Kier alpha value is -1.59. The first-order valence-corrected chi connectivity index (χ1v) is 8.47. The van der Waals surface area contributed by atoms with E-state index in [1.54, 1.807) is 0 Å². The minimum absolute atomic E-state index is 0.258. The molecule has 1 aromatic rings. The molecule has 1 amide bonds. The lowest BCUT2D eigenvalue weighted by molar-refractivity contribution is 0.00405. The summed E-state index contributed by atoms with van der Waals surface area (Å²) in [5, 5.41) is 8.77. The number of carbonyl (C=O) groups is 1. The first kappa shape index (κ1) is 17.8. The fourth-order valence-corrected chi connectivity index (χ4v) is 2.91. The molecule has 1 aliphatic rings. The van der Waals surface area contributed by atoms with Crippen molar-refractivity contribution in [1.29, 1.82) is 0 Å². The third-order valence-electron chi connectivity index (χ3n) is 4.39. The van der Waals surface area contributed by atoms with E-state index in [4.69, 9.17) is 4.74 Å². The second kappa shape index (κ2) is 6.13. The maximum Gasteiger partial charge on any atom is 0.410 e. The van der Waals surface area contributed by atoms with E-state index >= 15 is 0 Å². The highest BCUT2D eigenvalue weighted by atomic mass is 16.6. The van der Waals surface area contributed by atoms with E-state index in [1.165, 1.54) is 0 Å². The Morgan fingerprint density at radius 2 is 1.96 bits per heavy atom. The fourth-order valence-electron chi connectivity index (χ4n) is 2.91. The summed E-state index contributed by atoms with van der Waals surface area (Å²) in [5.41, 5.74) is -0.840. The van der Waals surface area contributed by atoms with Crippen LogP contribution in [0.4, 0.5) is 4.79 Å². The molecule has 0 N–H and O–H groups in total. The number of fused-ring (bicyclic) bond motifs is 1. The van der Waals surface area contributed by atoms with E-state index < -0.39 is 5.60 Å². The highest BCUT2D eigenvalue weighted by Crippen LogP contribution is 2.28. The first-order chi connectivity index (χ1) is 10.5. The van der Waals surface area contributed by atoms with Crippen molar-refractivity contribution in [3.05, 3.63) is 11.6 Å². The topological polar surface area (TPSA) is 60.2 Å². The minimum atomic E-state index is -0.490. The van der Waals surface area contributed by atoms with Gasteiger partial charge in [0.2, 0.25) is 0 Å². The van der Waals surface area contributed by atoms with Crippen LogP contribution in [-0.4, -0.2) is 43.4 Å². The molecule has 0 aliphatic carbocycles. The highest BCUT2D eigenvalue weighted by molar-refractivity contribution is 5.69. The second-order valence-electron chi connectivity index (χ2n) is 8.06. The van der Waals surface area contributed by atoms with Crippen molar-refractivity contribution in [1.82, 2.24) is 19.7 Å². The standard InChI is InChI=1S/C17H30N4O2/c1-8-12(2)14-19-18-13-11-17(6,7)21(10-9-20(13)14)15(22)23-16(3,4)5/h12H,8-11H2,1-7H3. The molecule has 1 atom stereocenters. The van der Waals surface area contributed by atoms with Crippen molar-refractivity contribution >= 4 is 6.09 Å². The molecule has 0 aromatic carbocycles. The number of ether oxygens (including phenoxy) is 1. The summed E-state index contributed by atoms with van der Waals surface area (Å²) in [5.74, 6) is 2.34. The van der Waals surface area contributed by atoms with Crippen LogP contribution in [0.2, 0.25) is 0 Å². The van der Waals surface area contributed by atoms with Crippen molar-refractivity contribution < 1.29 is 9.53 Å². The number of nitrogens with zero attached hydrogens (tertiary/aromatic N) is 4. The van der Waals surface area contributed by atoms with Crippen LogP contribution in [0.5, 0.6) is 0 Å². The molecule has 0 radical (unpaired) electrons. The van der Waals surface area contributed by atoms with Crippen LogP contribution >= 0.6 is 0 Å². The average molecular weight is 322 g/mol. The SMILES string of the molecule is CCC(C)c1nnc2n1CCN(C(=O)OC(C)(C)C)C(C)(C)C2. The third kappa shape index (κ3) is 3.85. The van der Waals surface area contributed by atoms with Gasteiger partial charge in [-0.25, -0.2) is 4.79 Å². The molecule has 0 bridgehead atoms. The van der Waals surface area contributed by atoms with Crippen LogP contribution in [0.3, 0.4) is 0 Å². The van der Waals surface area contributed by atoms with E-state index in [1.807, 2.05) is 25.7 Å². The Balaban J connectivity index is 2.26. The summed E-state index contributed by atoms with van der Waals surface area (Å²) < 4.78 is 7.77. The lowest BCUT2D eigenvalue weighted by Crippen LogP contribution is -2.50. The molecule has 6 nitrogen and oxygen atoms in total. The predicted octanol–water partition coefficient (Wildman–Crippen LogP) is 3.36. The molecule has 1 aromatic heterocycles. The van der Waals surface area contributed by atoms with Gasteiger partial charge in [-0.3, -0.25) is 0 Å². The van der Waals surface area contributed by atoms with Gasteiger partial charge in [0.25, 0.3) is 0 Å². The smallest absolute Gasteiger partial charge is 0.410 e. The molecule has 23 heavy (non-hydrogen) atoms. The first-order valence-electron chi connectivity index (χ1n) is 8.47. The van der Waals surface area contributed by atoms with Crippen molar-refractivity contribution in [2.75, 3.05) is 6.54 Å². The summed E-state index contributed by atoms with van der Waals surface area (Å²) >= 11 is 0. The molecule has 1 unspecified atom stereocenters. The third-order valence-corrected chi connectivity index (χ3v) is 4.39. The number of rotatable bonds is 2. The zero-order chi connectivity index (χ0) is 17.4. The molecule has 6 heteroatoms. The largest absolute Gasteiger partial charge is 0.444 e. The fraction of sp³-hybridized carbons (Fsp3) is 0.824. The van der Waals surface area contributed by atoms with E-state index in [0.717, 1.165) is 18.1 Å². The molecular weight excluding hydrogens is 292 g/mol. The van der Waals surface area contributed by atoms with E-state index in [9.17, 15) is 4.79 Å². The number of carbonyl (C=O) groups excluding carboxylic acids is 1. The maximum absolute atomic E-state index is 12.6. The van der Waals surface area contributed by atoms with Gasteiger partial charge in [-0.15, -0.1) is 10.2 Å². The minimum Gasteiger partial charge on any atom is -0.444 e. The average Bonchev–Trinajstić information content (AvgIpc) is 2.72. The Labute approximate surface area is 139 Å². The molecule has 2 heterocycles. The molecule has 0 spiro atoms. The predicted molar refractivity (Wildman–Crippen MR) is 89.5 cm³/mol. The highest BCUT2D eigenvalue weighted by Gasteiger charge is 2.38. The Morgan fingerprint density at radius 1 is 1.30 bits per heavy atom. The zero-order valence-corrected chi connectivity index (χ0v) is 15.5. The summed E-state index contributed by atoms with van der Waals surface area (Å²) in [4.78, 5) is 14.4. The zero-order valence-electron chi connectivity index (χ0n) is 15.5. The van der Waals surface area contributed by atoms with Gasteiger partial charge in [-0.2, -0.15) is 0 Å². The molecule has 2 rings (SSSR count). The molecule has 0 saturated carbocycles. The van der Waals surface area contributed by atoms with Crippen LogP contribution in [0.15, 0.2) is 0 Å². The normalized spacial score (nSPS) is 19.0. The molecule has 0 saturated heterocycles. The van der Waals surface area contributed by atoms with Crippen LogP contribution in [-0.2, 0) is 17.7 Å². The van der Waals surface area contributed by atoms with Gasteiger partial charge in [0.05, 0.1) is 0 Å². The van der Waals surface area contributed by atoms with Crippen molar-refractivity contribution in [2.45, 2.75) is 84.9 Å². The molecule has 0 fully saturated rings. The van der Waals surface area contributed by atoms with Gasteiger partial charge in [0.1, 0.15) is 17.2 Å². The Bertz CT molecular complexity index is 572. The lowest BCUT2D eigenvalue weighted by Gasteiger charge is -2.37. The van der Waals surface area contributed by atoms with E-state index in [2.05, 4.69) is 42.5 Å². The van der Waals surface area contributed by atoms with Gasteiger partial charge in [-0.05, 0) is 41.0 Å². The van der Waals surface area contributed by atoms with Crippen LogP contribution < -0.4 is 0 Å². The van der Waals surface area contributed by atoms with Gasteiger partial charge < -0.3 is 14.2 Å². The van der Waals surface area contributed by atoms with Gasteiger partial charge in [0, 0.05) is 31.0 Å². The Kier molecular flexibility index (Phi) is 4.74. The van der Waals surface area contributed by atoms with Crippen molar-refractivity contribution in [2.24, 2.45) is 0 Å². The number of hydrogen-bond donors (Lipinski definition) is 0. The van der Waals surface area contributed by atoms with Crippen molar-refractivity contribution in [3.8, 4) is 0 Å². The maximum atomic E-state index is 12.6. The molecule has 1 aliphatic heterocycles. The molecular formula is C17H30N4O2. The van der Waals surface area contributed by atoms with Gasteiger partial charge >= 0.3 is 6.09 Å². The van der Waals surface area contributed by atoms with Gasteiger partial charge in [0.15, 0.2) is 0 Å². The summed E-state index contributed by atoms with van der Waals surface area (Å²) in [6.45, 7) is 15.4. The quantitative estimate of drug-likeness (QED) is 0.837. The lowest BCUT2D eigenvalue weighted by atomic mass is 9.98. The second-order valence-corrected chi connectivity index (χ2v) is 8.06.